The third-order valence-electron chi connectivity index (χ3n) is 3.58. The van der Waals surface area contributed by atoms with Gasteiger partial charge in [0.2, 0.25) is 5.91 Å². The second-order valence-corrected chi connectivity index (χ2v) is 5.04. The van der Waals surface area contributed by atoms with Crippen molar-refractivity contribution in [1.29, 1.82) is 0 Å². The normalized spacial score (nSPS) is 17.8. The van der Waals surface area contributed by atoms with Crippen LogP contribution >= 0.6 is 0 Å². The summed E-state index contributed by atoms with van der Waals surface area (Å²) in [6.45, 7) is 0.918. The molecule has 6 nitrogen and oxygen atoms in total. The molecule has 2 amide bonds. The molecule has 1 aromatic rings. The van der Waals surface area contributed by atoms with Crippen LogP contribution in [-0.2, 0) is 4.79 Å². The molecule has 21 heavy (non-hydrogen) atoms. The van der Waals surface area contributed by atoms with Crippen molar-refractivity contribution in [2.45, 2.75) is 25.3 Å². The summed E-state index contributed by atoms with van der Waals surface area (Å²) in [5.41, 5.74) is 0.215. The van der Waals surface area contributed by atoms with E-state index in [4.69, 9.17) is 5.11 Å². The van der Waals surface area contributed by atoms with Crippen LogP contribution in [-0.4, -0.2) is 52.7 Å². The van der Waals surface area contributed by atoms with Crippen LogP contribution in [0.1, 0.15) is 29.6 Å². The number of phenols is 1. The van der Waals surface area contributed by atoms with Gasteiger partial charge in [-0.3, -0.25) is 9.59 Å². The lowest BCUT2D eigenvalue weighted by Gasteiger charge is -2.24. The number of benzene rings is 1. The number of phenolic OH excluding ortho intramolecular Hbond substituents is 1. The highest BCUT2D eigenvalue weighted by atomic mass is 16.3. The number of aromatic hydroxyl groups is 1. The van der Waals surface area contributed by atoms with Crippen molar-refractivity contribution >= 4 is 11.8 Å². The van der Waals surface area contributed by atoms with Gasteiger partial charge in [0.15, 0.2) is 0 Å². The van der Waals surface area contributed by atoms with E-state index in [1.54, 1.807) is 18.2 Å². The highest BCUT2D eigenvalue weighted by Gasteiger charge is 2.35. The van der Waals surface area contributed by atoms with E-state index < -0.39 is 6.04 Å². The fourth-order valence-corrected chi connectivity index (χ4v) is 2.50. The van der Waals surface area contributed by atoms with E-state index in [1.807, 2.05) is 0 Å². The summed E-state index contributed by atoms with van der Waals surface area (Å²) in [4.78, 5) is 26.1. The van der Waals surface area contributed by atoms with Crippen LogP contribution in [0.2, 0.25) is 0 Å². The third kappa shape index (κ3) is 3.52. The van der Waals surface area contributed by atoms with Gasteiger partial charge >= 0.3 is 0 Å². The maximum absolute atomic E-state index is 12.5. The molecule has 1 saturated heterocycles. The number of carbonyl (C=O) groups is 2. The monoisotopic (exact) mass is 292 g/mol. The van der Waals surface area contributed by atoms with E-state index in [2.05, 4.69) is 5.32 Å². The van der Waals surface area contributed by atoms with Crippen LogP contribution < -0.4 is 5.32 Å². The van der Waals surface area contributed by atoms with Crippen LogP contribution in [0.3, 0.4) is 0 Å². The molecule has 1 fully saturated rings. The maximum atomic E-state index is 12.5. The fraction of sp³-hybridized carbons (Fsp3) is 0.467. The molecule has 1 aromatic carbocycles. The minimum absolute atomic E-state index is 0.0193. The molecular weight excluding hydrogens is 272 g/mol. The predicted octanol–water partition coefficient (Wildman–Crippen LogP) is 0.495. The van der Waals surface area contributed by atoms with Crippen molar-refractivity contribution in [2.24, 2.45) is 0 Å². The molecule has 1 heterocycles. The zero-order chi connectivity index (χ0) is 15.2. The van der Waals surface area contributed by atoms with Gasteiger partial charge in [0, 0.05) is 19.7 Å². The summed E-state index contributed by atoms with van der Waals surface area (Å²) >= 11 is 0. The van der Waals surface area contributed by atoms with Crippen molar-refractivity contribution in [3.8, 4) is 5.75 Å². The van der Waals surface area contributed by atoms with Gasteiger partial charge in [-0.1, -0.05) is 12.1 Å². The lowest BCUT2D eigenvalue weighted by Crippen LogP contribution is -2.46. The largest absolute Gasteiger partial charge is 0.507 e. The molecule has 1 aliphatic heterocycles. The summed E-state index contributed by atoms with van der Waals surface area (Å²) in [6, 6.07) is 5.83. The minimum atomic E-state index is -0.504. The molecule has 0 spiro atoms. The Hall–Kier alpha value is -2.08. The number of nitrogens with one attached hydrogen (secondary N) is 1. The van der Waals surface area contributed by atoms with Gasteiger partial charge in [0.1, 0.15) is 11.8 Å². The molecule has 0 saturated carbocycles. The summed E-state index contributed by atoms with van der Waals surface area (Å²) in [5.74, 6) is -0.605. The molecule has 3 N–H and O–H groups in total. The van der Waals surface area contributed by atoms with E-state index in [9.17, 15) is 14.7 Å². The third-order valence-corrected chi connectivity index (χ3v) is 3.58. The number of likely N-dealkylation sites (tertiary alicyclic amines) is 1. The Labute approximate surface area is 123 Å². The molecule has 2 rings (SSSR count). The van der Waals surface area contributed by atoms with E-state index in [-0.39, 0.29) is 29.7 Å². The summed E-state index contributed by atoms with van der Waals surface area (Å²) < 4.78 is 0. The van der Waals surface area contributed by atoms with Crippen LogP contribution in [0.4, 0.5) is 0 Å². The molecule has 1 aliphatic rings. The number of aliphatic hydroxyl groups is 1. The van der Waals surface area contributed by atoms with Crippen molar-refractivity contribution in [1.82, 2.24) is 10.2 Å². The predicted molar refractivity (Wildman–Crippen MR) is 76.9 cm³/mol. The van der Waals surface area contributed by atoms with Crippen LogP contribution in [0.15, 0.2) is 24.3 Å². The van der Waals surface area contributed by atoms with Crippen molar-refractivity contribution in [3.63, 3.8) is 0 Å². The SMILES string of the molecule is O=C(NCCCO)C1CCCN1C(=O)c1ccccc1O. The molecule has 0 aromatic heterocycles. The maximum Gasteiger partial charge on any atom is 0.258 e. The topological polar surface area (TPSA) is 89.9 Å². The number of para-hydroxylation sites is 1. The first-order valence-corrected chi connectivity index (χ1v) is 7.12. The first-order chi connectivity index (χ1) is 10.1. The quantitative estimate of drug-likeness (QED) is 0.689. The number of rotatable bonds is 5. The van der Waals surface area contributed by atoms with Crippen molar-refractivity contribution in [2.75, 3.05) is 19.7 Å². The molecule has 0 radical (unpaired) electrons. The number of carbonyl (C=O) groups excluding carboxylic acids is 2. The van der Waals surface area contributed by atoms with Crippen LogP contribution in [0.5, 0.6) is 5.75 Å². The van der Waals surface area contributed by atoms with Gasteiger partial charge in [0.05, 0.1) is 5.56 Å². The molecule has 6 heteroatoms. The highest BCUT2D eigenvalue weighted by Crippen LogP contribution is 2.24. The standard InChI is InChI=1S/C15H20N2O4/c18-10-4-8-16-14(20)12-6-3-9-17(12)15(21)11-5-1-2-7-13(11)19/h1-2,5,7,12,18-19H,3-4,6,8-10H2,(H,16,20). The van der Waals surface area contributed by atoms with E-state index >= 15 is 0 Å². The summed E-state index contributed by atoms with van der Waals surface area (Å²) in [7, 11) is 0. The zero-order valence-corrected chi connectivity index (χ0v) is 11.8. The molecule has 1 atom stereocenters. The number of nitrogens with zero attached hydrogens (tertiary/aromatic N) is 1. The van der Waals surface area contributed by atoms with Gasteiger partial charge < -0.3 is 20.4 Å². The lowest BCUT2D eigenvalue weighted by atomic mass is 10.1. The number of hydrogen-bond donors (Lipinski definition) is 3. The fourth-order valence-electron chi connectivity index (χ4n) is 2.50. The minimum Gasteiger partial charge on any atom is -0.507 e. The van der Waals surface area contributed by atoms with Gasteiger partial charge in [0.25, 0.3) is 5.91 Å². The lowest BCUT2D eigenvalue weighted by molar-refractivity contribution is -0.124. The van der Waals surface area contributed by atoms with E-state index in [0.29, 0.717) is 25.9 Å². The van der Waals surface area contributed by atoms with Gasteiger partial charge in [-0.25, -0.2) is 0 Å². The van der Waals surface area contributed by atoms with Gasteiger partial charge in [-0.05, 0) is 31.4 Å². The number of amides is 2. The Kier molecular flexibility index (Phi) is 5.16. The van der Waals surface area contributed by atoms with E-state index in [0.717, 1.165) is 6.42 Å². The van der Waals surface area contributed by atoms with Crippen LogP contribution in [0.25, 0.3) is 0 Å². The highest BCUT2D eigenvalue weighted by molar-refractivity contribution is 5.99. The van der Waals surface area contributed by atoms with Gasteiger partial charge in [-0.15, -0.1) is 0 Å². The first-order valence-electron chi connectivity index (χ1n) is 7.12. The first kappa shape index (κ1) is 15.3. The van der Waals surface area contributed by atoms with Crippen LogP contribution in [0, 0.1) is 0 Å². The average molecular weight is 292 g/mol. The Morgan fingerprint density at radius 3 is 2.81 bits per heavy atom. The number of hydrogen-bond acceptors (Lipinski definition) is 4. The Morgan fingerprint density at radius 2 is 2.10 bits per heavy atom. The molecule has 1 unspecified atom stereocenters. The van der Waals surface area contributed by atoms with Gasteiger partial charge in [-0.2, -0.15) is 0 Å². The Balaban J connectivity index is 2.06. The molecule has 0 aliphatic carbocycles. The smallest absolute Gasteiger partial charge is 0.258 e. The summed E-state index contributed by atoms with van der Waals surface area (Å²) in [6.07, 6.45) is 1.87. The van der Waals surface area contributed by atoms with Crippen molar-refractivity contribution < 1.29 is 19.8 Å². The van der Waals surface area contributed by atoms with E-state index in [1.165, 1.54) is 11.0 Å². The zero-order valence-electron chi connectivity index (χ0n) is 11.8. The average Bonchev–Trinajstić information content (AvgIpc) is 2.96. The molecular formula is C15H20N2O4. The summed E-state index contributed by atoms with van der Waals surface area (Å²) in [5, 5.41) is 21.2. The van der Waals surface area contributed by atoms with Crippen molar-refractivity contribution in [3.05, 3.63) is 29.8 Å². The second kappa shape index (κ2) is 7.08. The Bertz CT molecular complexity index is 518. The molecule has 0 bridgehead atoms. The second-order valence-electron chi connectivity index (χ2n) is 5.04. The molecule has 114 valence electrons. The number of aliphatic hydroxyl groups excluding tert-OH is 1. The Morgan fingerprint density at radius 1 is 1.33 bits per heavy atom.